The fraction of sp³-hybridized carbons (Fsp3) is 0.333. The van der Waals surface area contributed by atoms with Crippen LogP contribution in [-0.4, -0.2) is 49.5 Å². The maximum atomic E-state index is 14.7. The average Bonchev–Trinajstić information content (AvgIpc) is 3.32. The number of hydrogen-bond acceptors (Lipinski definition) is 8. The number of hydrogen-bond donors (Lipinski definition) is 1. The van der Waals surface area contributed by atoms with Gasteiger partial charge in [-0.15, -0.1) is 0 Å². The lowest BCUT2D eigenvalue weighted by Crippen LogP contribution is -2.34. The summed E-state index contributed by atoms with van der Waals surface area (Å²) in [7, 11) is 3.12. The lowest BCUT2D eigenvalue weighted by atomic mass is 10.2. The van der Waals surface area contributed by atoms with Crippen molar-refractivity contribution in [2.24, 2.45) is 0 Å². The zero-order valence-electron chi connectivity index (χ0n) is 16.2. The Morgan fingerprint density at radius 1 is 1.50 bits per heavy atom. The SMILES string of the molecule is COC(=S)NCC1CN(c2ccc(N(C)Cc3ccc([N+](=O)[O-])s3)c(F)c2)C(=O)O1. The van der Waals surface area contributed by atoms with E-state index in [0.717, 1.165) is 16.2 Å². The Morgan fingerprint density at radius 3 is 2.90 bits per heavy atom. The van der Waals surface area contributed by atoms with Gasteiger partial charge in [0.15, 0.2) is 0 Å². The van der Waals surface area contributed by atoms with Gasteiger partial charge in [-0.1, -0.05) is 11.3 Å². The minimum atomic E-state index is -0.573. The highest BCUT2D eigenvalue weighted by atomic mass is 32.1. The van der Waals surface area contributed by atoms with Crippen molar-refractivity contribution in [1.29, 1.82) is 0 Å². The third-order valence-corrected chi connectivity index (χ3v) is 5.74. The maximum absolute atomic E-state index is 14.7. The standard InChI is InChI=1S/C18H19FN4O5S2/c1-21(10-13-4-6-16(30-13)23(25)26)15-5-3-11(7-14(15)19)22-9-12(28-18(22)24)8-20-17(29)27-2/h3-7,12H,8-10H2,1-2H3,(H,20,29). The van der Waals surface area contributed by atoms with Crippen LogP contribution in [0.3, 0.4) is 0 Å². The molecule has 160 valence electrons. The number of anilines is 2. The van der Waals surface area contributed by atoms with Crippen LogP contribution in [0.1, 0.15) is 4.88 Å². The second-order valence-electron chi connectivity index (χ2n) is 6.48. The first-order valence-corrected chi connectivity index (χ1v) is 10.0. The Labute approximate surface area is 181 Å². The van der Waals surface area contributed by atoms with Crippen LogP contribution in [0, 0.1) is 15.9 Å². The molecule has 0 saturated carbocycles. The van der Waals surface area contributed by atoms with Crippen LogP contribution in [0.4, 0.5) is 25.6 Å². The molecule has 2 heterocycles. The van der Waals surface area contributed by atoms with Gasteiger partial charge in [0.2, 0.25) is 0 Å². The van der Waals surface area contributed by atoms with Crippen LogP contribution < -0.4 is 15.1 Å². The molecule has 1 aromatic carbocycles. The summed E-state index contributed by atoms with van der Waals surface area (Å²) < 4.78 is 24.8. The molecule has 1 atom stereocenters. The van der Waals surface area contributed by atoms with Gasteiger partial charge in [-0.05, 0) is 36.5 Å². The molecule has 0 spiro atoms. The third-order valence-electron chi connectivity index (χ3n) is 4.41. The second-order valence-corrected chi connectivity index (χ2v) is 8.00. The van der Waals surface area contributed by atoms with Gasteiger partial charge < -0.3 is 19.7 Å². The van der Waals surface area contributed by atoms with Gasteiger partial charge in [0.1, 0.15) is 11.9 Å². The summed E-state index contributed by atoms with van der Waals surface area (Å²) in [5.74, 6) is -0.518. The van der Waals surface area contributed by atoms with E-state index >= 15 is 0 Å². The number of nitro groups is 1. The molecule has 0 radical (unpaired) electrons. The summed E-state index contributed by atoms with van der Waals surface area (Å²) in [6.45, 7) is 0.838. The van der Waals surface area contributed by atoms with Crippen LogP contribution >= 0.6 is 23.6 Å². The summed E-state index contributed by atoms with van der Waals surface area (Å²) >= 11 is 5.93. The molecule has 1 amide bonds. The summed E-state index contributed by atoms with van der Waals surface area (Å²) in [6.07, 6.45) is -1.03. The van der Waals surface area contributed by atoms with E-state index in [0.29, 0.717) is 17.9 Å². The van der Waals surface area contributed by atoms with E-state index in [-0.39, 0.29) is 23.3 Å². The molecule has 12 heteroatoms. The van der Waals surface area contributed by atoms with E-state index in [1.54, 1.807) is 30.1 Å². The number of rotatable bonds is 7. The van der Waals surface area contributed by atoms with Gasteiger partial charge in [0.25, 0.3) is 5.17 Å². The van der Waals surface area contributed by atoms with Gasteiger partial charge in [0.05, 0.1) is 43.0 Å². The Kier molecular flexibility index (Phi) is 6.67. The molecule has 1 aliphatic heterocycles. The van der Waals surface area contributed by atoms with Crippen molar-refractivity contribution >= 4 is 51.2 Å². The number of thiocarbonyl (C=S) groups is 1. The molecule has 0 bridgehead atoms. The highest BCUT2D eigenvalue weighted by Gasteiger charge is 2.33. The van der Waals surface area contributed by atoms with Gasteiger partial charge in [-0.25, -0.2) is 9.18 Å². The molecule has 9 nitrogen and oxygen atoms in total. The molecular formula is C18H19FN4O5S2. The van der Waals surface area contributed by atoms with E-state index < -0.39 is 22.9 Å². The van der Waals surface area contributed by atoms with E-state index in [1.807, 2.05) is 0 Å². The maximum Gasteiger partial charge on any atom is 0.414 e. The third kappa shape index (κ3) is 4.94. The van der Waals surface area contributed by atoms with E-state index in [4.69, 9.17) is 21.7 Å². The molecule has 1 N–H and O–H groups in total. The van der Waals surface area contributed by atoms with Crippen molar-refractivity contribution in [3.05, 3.63) is 51.1 Å². The zero-order chi connectivity index (χ0) is 21.8. The van der Waals surface area contributed by atoms with Gasteiger partial charge in [0, 0.05) is 18.0 Å². The van der Waals surface area contributed by atoms with Gasteiger partial charge in [-0.3, -0.25) is 15.0 Å². The topological polar surface area (TPSA) is 97.2 Å². The van der Waals surface area contributed by atoms with E-state index in [2.05, 4.69) is 5.32 Å². The minimum absolute atomic E-state index is 0.0390. The zero-order valence-corrected chi connectivity index (χ0v) is 17.8. The van der Waals surface area contributed by atoms with Crippen molar-refractivity contribution in [3.8, 4) is 0 Å². The fourth-order valence-corrected chi connectivity index (χ4v) is 3.91. The number of thiophene rings is 1. The lowest BCUT2D eigenvalue weighted by molar-refractivity contribution is -0.380. The Hall–Kier alpha value is -2.99. The highest BCUT2D eigenvalue weighted by molar-refractivity contribution is 7.80. The summed E-state index contributed by atoms with van der Waals surface area (Å²) in [4.78, 5) is 26.2. The number of nitrogens with zero attached hydrogens (tertiary/aromatic N) is 3. The largest absolute Gasteiger partial charge is 0.474 e. The number of benzene rings is 1. The molecule has 1 aromatic heterocycles. The Balaban J connectivity index is 1.66. The molecule has 1 unspecified atom stereocenters. The van der Waals surface area contributed by atoms with Crippen molar-refractivity contribution in [2.45, 2.75) is 12.6 Å². The number of methoxy groups -OCH3 is 1. The molecule has 1 aliphatic rings. The number of nitrogens with one attached hydrogen (secondary N) is 1. The van der Waals surface area contributed by atoms with Gasteiger partial charge >= 0.3 is 11.1 Å². The average molecular weight is 455 g/mol. The Morgan fingerprint density at radius 2 is 2.27 bits per heavy atom. The number of carbonyl (C=O) groups excluding carboxylic acids is 1. The van der Waals surface area contributed by atoms with Crippen molar-refractivity contribution < 1.29 is 23.6 Å². The van der Waals surface area contributed by atoms with E-state index in [9.17, 15) is 19.3 Å². The number of cyclic esters (lactones) is 1. The van der Waals surface area contributed by atoms with Crippen molar-refractivity contribution in [2.75, 3.05) is 37.0 Å². The number of ether oxygens (including phenoxy) is 2. The number of halogens is 1. The van der Waals surface area contributed by atoms with Crippen LogP contribution in [0.15, 0.2) is 30.3 Å². The minimum Gasteiger partial charge on any atom is -0.474 e. The van der Waals surface area contributed by atoms with Crippen LogP contribution in [-0.2, 0) is 16.0 Å². The molecule has 3 rings (SSSR count). The monoisotopic (exact) mass is 454 g/mol. The summed E-state index contributed by atoms with van der Waals surface area (Å²) in [5, 5.41) is 13.9. The first-order chi connectivity index (χ1) is 14.3. The van der Waals surface area contributed by atoms with Gasteiger partial charge in [-0.2, -0.15) is 0 Å². The smallest absolute Gasteiger partial charge is 0.414 e. The predicted molar refractivity (Wildman–Crippen MR) is 115 cm³/mol. The van der Waals surface area contributed by atoms with E-state index in [1.165, 1.54) is 24.1 Å². The first-order valence-electron chi connectivity index (χ1n) is 8.82. The lowest BCUT2D eigenvalue weighted by Gasteiger charge is -2.21. The molecule has 1 fully saturated rings. The van der Waals surface area contributed by atoms with Crippen molar-refractivity contribution in [1.82, 2.24) is 5.32 Å². The highest BCUT2D eigenvalue weighted by Crippen LogP contribution is 2.30. The predicted octanol–water partition coefficient (Wildman–Crippen LogP) is 3.28. The van der Waals surface area contributed by atoms with Crippen LogP contribution in [0.2, 0.25) is 0 Å². The molecule has 1 saturated heterocycles. The molecule has 2 aromatic rings. The van der Waals surface area contributed by atoms with Crippen molar-refractivity contribution in [3.63, 3.8) is 0 Å². The summed E-state index contributed by atoms with van der Waals surface area (Å²) in [6, 6.07) is 7.53. The second kappa shape index (κ2) is 9.22. The van der Waals surface area contributed by atoms with Crippen LogP contribution in [0.25, 0.3) is 0 Å². The number of carbonyl (C=O) groups is 1. The first kappa shape index (κ1) is 21.7. The quantitative estimate of drug-likeness (QED) is 0.387. The fourth-order valence-electron chi connectivity index (χ4n) is 2.95. The number of amides is 1. The Bertz CT molecular complexity index is 970. The normalized spacial score (nSPS) is 15.6. The van der Waals surface area contributed by atoms with Crippen LogP contribution in [0.5, 0.6) is 0 Å². The molecule has 30 heavy (non-hydrogen) atoms. The summed E-state index contributed by atoms with van der Waals surface area (Å²) in [5.41, 5.74) is 0.684. The molecular weight excluding hydrogens is 435 g/mol. The molecule has 0 aliphatic carbocycles.